The van der Waals surface area contributed by atoms with E-state index in [0.717, 1.165) is 79.6 Å². The summed E-state index contributed by atoms with van der Waals surface area (Å²) >= 11 is 2.33. The largest absolute Gasteiger partial charge is 0.444 e. The van der Waals surface area contributed by atoms with Gasteiger partial charge in [-0.1, -0.05) is 104 Å². The lowest BCUT2D eigenvalue weighted by atomic mass is 9.64. The van der Waals surface area contributed by atoms with Crippen LogP contribution in [0.4, 0.5) is 15.1 Å². The van der Waals surface area contributed by atoms with Crippen molar-refractivity contribution >= 4 is 94.3 Å². The van der Waals surface area contributed by atoms with E-state index in [1.807, 2.05) is 30.3 Å². The third-order valence-electron chi connectivity index (χ3n) is 13.2. The first-order valence-electron chi connectivity index (χ1n) is 19.2. The third kappa shape index (κ3) is 5.51. The van der Waals surface area contributed by atoms with Gasteiger partial charge in [-0.3, -0.25) is 19.2 Å². The first-order valence-corrected chi connectivity index (χ1v) is 20.8. The molecule has 6 aliphatic rings. The molecule has 6 aliphatic carbocycles. The number of fused-ring (bicyclic) bond motifs is 7. The predicted octanol–water partition coefficient (Wildman–Crippen LogP) is 8.01. The number of carbonyl (C=O) groups excluding carboxylic acids is 5. The summed E-state index contributed by atoms with van der Waals surface area (Å²) < 4.78 is 8.14. The molecular formula is C40H39N5O6S2. The van der Waals surface area contributed by atoms with Gasteiger partial charge in [0.1, 0.15) is 6.61 Å². The van der Waals surface area contributed by atoms with E-state index in [1.165, 1.54) is 30.3 Å². The van der Waals surface area contributed by atoms with E-state index in [4.69, 9.17) is 4.74 Å². The number of Topliss-reactive ketones (excluding diaryl/α,β-unsaturated/α-hetero) is 4. The number of ether oxygens (including phenoxy) is 1. The molecule has 3 aromatic heterocycles. The summed E-state index contributed by atoms with van der Waals surface area (Å²) in [5.74, 6) is -0.0845. The van der Waals surface area contributed by atoms with Crippen LogP contribution in [0.1, 0.15) is 82.6 Å². The van der Waals surface area contributed by atoms with Gasteiger partial charge in [-0.2, -0.15) is 9.97 Å². The molecule has 8 atom stereocenters. The van der Waals surface area contributed by atoms with Crippen LogP contribution < -0.4 is 0 Å². The molecule has 13 heteroatoms. The molecule has 272 valence electrons. The second-order valence-electron chi connectivity index (χ2n) is 16.0. The van der Waals surface area contributed by atoms with Crippen molar-refractivity contribution < 1.29 is 28.7 Å². The minimum atomic E-state index is -0.717. The van der Waals surface area contributed by atoms with Crippen molar-refractivity contribution in [1.82, 2.24) is 14.5 Å². The molecule has 0 amide bonds. The molecule has 3 heterocycles. The maximum absolute atomic E-state index is 13.8. The number of benzene rings is 1. The van der Waals surface area contributed by atoms with Crippen molar-refractivity contribution in [2.45, 2.75) is 83.7 Å². The van der Waals surface area contributed by atoms with Crippen LogP contribution in [-0.4, -0.2) is 55.2 Å². The molecule has 0 bridgehead atoms. The molecule has 0 saturated heterocycles. The molecule has 11 nitrogen and oxygen atoms in total. The Hall–Kier alpha value is -4.23. The molecule has 0 aliphatic heterocycles. The van der Waals surface area contributed by atoms with Crippen molar-refractivity contribution in [3.8, 4) is 0 Å². The molecule has 6 fully saturated rings. The number of ketones is 4. The molecule has 6 saturated carbocycles. The molecule has 53 heavy (non-hydrogen) atoms. The van der Waals surface area contributed by atoms with Crippen LogP contribution in [-0.2, 0) is 30.5 Å². The molecule has 0 spiro atoms. The Morgan fingerprint density at radius 1 is 0.642 bits per heavy atom. The third-order valence-corrected chi connectivity index (χ3v) is 15.3. The van der Waals surface area contributed by atoms with Gasteiger partial charge in [0.25, 0.3) is 0 Å². The Labute approximate surface area is 313 Å². The lowest BCUT2D eigenvalue weighted by molar-refractivity contribution is -0.123. The smallest absolute Gasteiger partial charge is 0.421 e. The molecule has 0 N–H and O–H groups in total. The van der Waals surface area contributed by atoms with Gasteiger partial charge in [0.15, 0.2) is 45.9 Å². The zero-order valence-corrected chi connectivity index (χ0v) is 30.8. The SMILES string of the molecule is O=C1C(=Nc2nc3c(s2)c2sc(N=C4C(=O)C5CC6CCCCC6CC5C4=O)nc2n3C(=O)OCc2ccccc2)C(=O)C2CC3CCCCC3CC12. The zero-order valence-electron chi connectivity index (χ0n) is 29.2. The quantitative estimate of drug-likeness (QED) is 0.204. The van der Waals surface area contributed by atoms with E-state index in [0.29, 0.717) is 33.1 Å². The number of thiazole rings is 2. The summed E-state index contributed by atoms with van der Waals surface area (Å²) in [4.78, 5) is 86.9. The zero-order chi connectivity index (χ0) is 36.0. The lowest BCUT2D eigenvalue weighted by Gasteiger charge is -2.39. The second-order valence-corrected chi connectivity index (χ2v) is 18.0. The Balaban J connectivity index is 1.01. The molecule has 4 aromatic rings. The average Bonchev–Trinajstić information content (AvgIpc) is 3.95. The van der Waals surface area contributed by atoms with E-state index in [1.54, 1.807) is 0 Å². The number of rotatable bonds is 4. The molecular weight excluding hydrogens is 711 g/mol. The van der Waals surface area contributed by atoms with Crippen LogP contribution in [0.15, 0.2) is 40.3 Å². The van der Waals surface area contributed by atoms with E-state index >= 15 is 0 Å². The van der Waals surface area contributed by atoms with Crippen LogP contribution in [0.5, 0.6) is 0 Å². The molecule has 8 unspecified atom stereocenters. The van der Waals surface area contributed by atoms with Crippen molar-refractivity contribution in [2.24, 2.45) is 57.3 Å². The topological polar surface area (TPSA) is 150 Å². The number of aliphatic imine (C=N–C) groups is 2. The maximum Gasteiger partial charge on any atom is 0.421 e. The number of hydrogen-bond acceptors (Lipinski definition) is 12. The number of carbonyl (C=O) groups is 5. The van der Waals surface area contributed by atoms with Crippen molar-refractivity contribution in [2.75, 3.05) is 0 Å². The first kappa shape index (κ1) is 33.3. The van der Waals surface area contributed by atoms with Gasteiger partial charge in [0, 0.05) is 23.7 Å². The minimum absolute atomic E-state index is 0.0148. The summed E-state index contributed by atoms with van der Waals surface area (Å²) in [6, 6.07) is 9.31. The van der Waals surface area contributed by atoms with E-state index in [2.05, 4.69) is 20.0 Å². The van der Waals surface area contributed by atoms with Gasteiger partial charge in [0.2, 0.25) is 10.3 Å². The van der Waals surface area contributed by atoms with Crippen LogP contribution in [0.25, 0.3) is 20.7 Å². The van der Waals surface area contributed by atoms with E-state index in [-0.39, 0.29) is 86.4 Å². The standard InChI is InChI=1S/C40H39N5O6S2/c46-30-24-14-20-10-4-5-11-21(20)15-25(24)31(47)28(30)41-38-43-36-34(52-38)35-37(45(36)40(50)51-18-19-8-2-1-3-9-19)44-39(53-35)42-29-32(48)26-16-22-12-6-7-13-23(22)17-27(26)33(29)49/h1-3,8-9,20-27H,4-7,10-18H2. The predicted molar refractivity (Wildman–Crippen MR) is 200 cm³/mol. The molecule has 10 rings (SSSR count). The highest BCUT2D eigenvalue weighted by molar-refractivity contribution is 7.30. The Morgan fingerprint density at radius 3 is 1.43 bits per heavy atom. The highest BCUT2D eigenvalue weighted by Crippen LogP contribution is 2.51. The molecule has 1 aromatic carbocycles. The fourth-order valence-electron chi connectivity index (χ4n) is 10.6. The minimum Gasteiger partial charge on any atom is -0.444 e. The van der Waals surface area contributed by atoms with Crippen LogP contribution in [0.2, 0.25) is 0 Å². The Kier molecular flexibility index (Phi) is 8.16. The summed E-state index contributed by atoms with van der Waals surface area (Å²) in [5, 5.41) is 0.393. The second kappa shape index (κ2) is 13.0. The normalized spacial score (nSPS) is 31.1. The fourth-order valence-corrected chi connectivity index (χ4v) is 12.6. The Bertz CT molecular complexity index is 2090. The van der Waals surface area contributed by atoms with Gasteiger partial charge >= 0.3 is 6.09 Å². The number of hydrogen-bond donors (Lipinski definition) is 0. The van der Waals surface area contributed by atoms with E-state index in [9.17, 15) is 24.0 Å². The summed E-state index contributed by atoms with van der Waals surface area (Å²) in [5.41, 5.74) is 1.22. The monoisotopic (exact) mass is 749 g/mol. The highest BCUT2D eigenvalue weighted by Gasteiger charge is 2.53. The number of aromatic nitrogens is 3. The summed E-state index contributed by atoms with van der Waals surface area (Å²) in [6.45, 7) is 0.0148. The van der Waals surface area contributed by atoms with Crippen molar-refractivity contribution in [3.05, 3.63) is 35.9 Å². The first-order chi connectivity index (χ1) is 25.8. The Morgan fingerprint density at radius 2 is 1.04 bits per heavy atom. The average molecular weight is 750 g/mol. The lowest BCUT2D eigenvalue weighted by Crippen LogP contribution is -2.35. The van der Waals surface area contributed by atoms with Gasteiger partial charge in [-0.15, -0.1) is 0 Å². The number of nitrogens with zero attached hydrogens (tertiary/aromatic N) is 5. The van der Waals surface area contributed by atoms with Gasteiger partial charge < -0.3 is 4.74 Å². The summed E-state index contributed by atoms with van der Waals surface area (Å²) in [7, 11) is 0. The van der Waals surface area contributed by atoms with Crippen molar-refractivity contribution in [3.63, 3.8) is 0 Å². The van der Waals surface area contributed by atoms with Crippen LogP contribution in [0.3, 0.4) is 0 Å². The molecule has 0 radical (unpaired) electrons. The van der Waals surface area contributed by atoms with Crippen LogP contribution >= 0.6 is 22.7 Å². The maximum atomic E-state index is 13.8. The van der Waals surface area contributed by atoms with Crippen molar-refractivity contribution in [1.29, 1.82) is 0 Å². The van der Waals surface area contributed by atoms with Gasteiger partial charge in [-0.25, -0.2) is 19.3 Å². The van der Waals surface area contributed by atoms with Crippen LogP contribution in [0, 0.1) is 47.3 Å². The van der Waals surface area contributed by atoms with Gasteiger partial charge in [-0.05, 0) is 54.9 Å². The van der Waals surface area contributed by atoms with Gasteiger partial charge in [0.05, 0.1) is 9.40 Å². The highest BCUT2D eigenvalue weighted by atomic mass is 32.1. The summed E-state index contributed by atoms with van der Waals surface area (Å²) in [6.07, 6.45) is 11.5. The fraction of sp³-hybridized carbons (Fsp3) is 0.525. The van der Waals surface area contributed by atoms with E-state index < -0.39 is 6.09 Å².